The minimum absolute atomic E-state index is 0.0363. The number of halogens is 1. The van der Waals surface area contributed by atoms with Gasteiger partial charge in [-0.3, -0.25) is 0 Å². The largest absolute Gasteiger partial charge is 0.246 e. The molecule has 0 atom stereocenters. The molecule has 44 valence electrons. The van der Waals surface area contributed by atoms with Crippen LogP contribution in [0.1, 0.15) is 17.6 Å². The van der Waals surface area contributed by atoms with Crippen LogP contribution in [0.25, 0.3) is 0 Å². The Balaban J connectivity index is 3.01. The van der Waals surface area contributed by atoms with Crippen molar-refractivity contribution in [2.75, 3.05) is 0 Å². The molecule has 1 nitrogen and oxygen atoms in total. The maximum absolute atomic E-state index is 7.23. The minimum Gasteiger partial charge on any atom is -0.246 e. The SMILES string of the molecule is [2H]C([2H])([2H])c1nc(C([2H])([2H])Br)cs1. The minimum atomic E-state index is -2.25. The molecule has 0 unspecified atom stereocenters. The van der Waals surface area contributed by atoms with Crippen molar-refractivity contribution < 1.29 is 6.85 Å². The van der Waals surface area contributed by atoms with Gasteiger partial charge in [-0.25, -0.2) is 4.98 Å². The summed E-state index contributed by atoms with van der Waals surface area (Å²) in [6.45, 7) is -2.25. The van der Waals surface area contributed by atoms with Crippen LogP contribution in [0.5, 0.6) is 0 Å². The van der Waals surface area contributed by atoms with E-state index in [9.17, 15) is 0 Å². The molecule has 0 bridgehead atoms. The van der Waals surface area contributed by atoms with Crippen molar-refractivity contribution in [2.45, 2.75) is 12.1 Å². The molecule has 3 heteroatoms. The van der Waals surface area contributed by atoms with E-state index in [1.54, 1.807) is 0 Å². The fraction of sp³-hybridized carbons (Fsp3) is 0.400. The fourth-order valence-corrected chi connectivity index (χ4v) is 1.16. The van der Waals surface area contributed by atoms with Gasteiger partial charge in [0.1, 0.15) is 0 Å². The second kappa shape index (κ2) is 2.60. The zero-order chi connectivity index (χ0) is 10.3. The van der Waals surface area contributed by atoms with E-state index < -0.39 is 12.1 Å². The van der Waals surface area contributed by atoms with Crippen molar-refractivity contribution in [1.29, 1.82) is 0 Å². The molecule has 1 heterocycles. The summed E-state index contributed by atoms with van der Waals surface area (Å²) in [6, 6.07) is 0. The van der Waals surface area contributed by atoms with Gasteiger partial charge in [0.2, 0.25) is 0 Å². The van der Waals surface area contributed by atoms with Crippen LogP contribution in [-0.2, 0) is 5.28 Å². The third-order valence-electron chi connectivity index (χ3n) is 0.601. The average Bonchev–Trinajstić information content (AvgIpc) is 2.28. The molecular weight excluding hydrogens is 186 g/mol. The first-order chi connectivity index (χ1) is 5.71. The van der Waals surface area contributed by atoms with E-state index in [-0.39, 0.29) is 10.7 Å². The summed E-state index contributed by atoms with van der Waals surface area (Å²) < 4.78 is 35.6. The summed E-state index contributed by atoms with van der Waals surface area (Å²) in [5, 5.41) is -0.394. The third kappa shape index (κ3) is 1.29. The number of aromatic nitrogens is 1. The lowest BCUT2D eigenvalue weighted by Crippen LogP contribution is -1.73. The summed E-state index contributed by atoms with van der Waals surface area (Å²) >= 11 is 3.70. The molecule has 0 aliphatic rings. The predicted molar refractivity (Wildman–Crippen MR) is 39.5 cm³/mol. The molecule has 0 aromatic carbocycles. The fourth-order valence-electron chi connectivity index (χ4n) is 0.317. The highest BCUT2D eigenvalue weighted by atomic mass is 79.9. The molecule has 1 aromatic heterocycles. The molecule has 0 saturated heterocycles. The first-order valence-corrected chi connectivity index (χ1v) is 3.54. The number of hydrogen-bond acceptors (Lipinski definition) is 2. The highest BCUT2D eigenvalue weighted by Gasteiger charge is 1.92. The van der Waals surface area contributed by atoms with Gasteiger partial charge in [0.05, 0.1) is 10.7 Å². The second-order valence-corrected chi connectivity index (χ2v) is 2.39. The predicted octanol–water partition coefficient (Wildman–Crippen LogP) is 2.35. The molecule has 0 spiro atoms. The van der Waals surface area contributed by atoms with Crippen molar-refractivity contribution in [3.63, 3.8) is 0 Å². The first kappa shape index (κ1) is 2.39. The van der Waals surface area contributed by atoms with Crippen LogP contribution in [0.4, 0.5) is 0 Å². The lowest BCUT2D eigenvalue weighted by Gasteiger charge is -1.78. The summed E-state index contributed by atoms with van der Waals surface area (Å²) in [5.41, 5.74) is 0.101. The van der Waals surface area contributed by atoms with E-state index in [2.05, 4.69) is 20.9 Å². The molecule has 0 aliphatic carbocycles. The highest BCUT2D eigenvalue weighted by Crippen LogP contribution is 2.09. The molecular formula is C5H6BrNS. The Labute approximate surface area is 67.9 Å². The summed E-state index contributed by atoms with van der Waals surface area (Å²) in [6.07, 6.45) is 0. The lowest BCUT2D eigenvalue weighted by atomic mass is 10.6. The van der Waals surface area contributed by atoms with Gasteiger partial charge in [-0.15, -0.1) is 11.3 Å². The summed E-state index contributed by atoms with van der Waals surface area (Å²) in [4.78, 5) is 3.69. The Bertz CT molecular complexity index is 272. The van der Waals surface area contributed by atoms with Gasteiger partial charge in [-0.2, -0.15) is 0 Å². The quantitative estimate of drug-likeness (QED) is 0.629. The molecule has 0 radical (unpaired) electrons. The van der Waals surface area contributed by atoms with E-state index >= 15 is 0 Å². The van der Waals surface area contributed by atoms with Crippen LogP contribution in [0.2, 0.25) is 0 Å². The van der Waals surface area contributed by atoms with Crippen LogP contribution in [0.3, 0.4) is 0 Å². The first-order valence-electron chi connectivity index (χ1n) is 4.36. The Morgan fingerprint density at radius 3 is 3.50 bits per heavy atom. The zero-order valence-electron chi connectivity index (χ0n) is 8.81. The smallest absolute Gasteiger partial charge is 0.0897 e. The standard InChI is InChI=1S/C5H6BrNS/c1-4-7-5(2-6)3-8-4/h3H,2H2,1H3/i1D3,2D2. The van der Waals surface area contributed by atoms with Crippen molar-refractivity contribution in [3.8, 4) is 0 Å². The maximum Gasteiger partial charge on any atom is 0.0897 e. The molecule has 0 aliphatic heterocycles. The van der Waals surface area contributed by atoms with Gasteiger partial charge in [0.25, 0.3) is 0 Å². The van der Waals surface area contributed by atoms with Gasteiger partial charge in [0.15, 0.2) is 0 Å². The van der Waals surface area contributed by atoms with E-state index in [1.165, 1.54) is 5.38 Å². The molecule has 0 amide bonds. The van der Waals surface area contributed by atoms with E-state index in [0.717, 1.165) is 11.3 Å². The summed E-state index contributed by atoms with van der Waals surface area (Å²) in [7, 11) is 0. The number of nitrogens with zero attached hydrogens (tertiary/aromatic N) is 1. The van der Waals surface area contributed by atoms with E-state index in [0.29, 0.717) is 0 Å². The Morgan fingerprint density at radius 1 is 2.25 bits per heavy atom. The Hall–Kier alpha value is 0.110. The molecule has 0 saturated carbocycles. The van der Waals surface area contributed by atoms with Crippen molar-refractivity contribution >= 4 is 27.3 Å². The van der Waals surface area contributed by atoms with Crippen LogP contribution < -0.4 is 0 Å². The normalized spacial score (nSPS) is 22.4. The molecule has 0 N–H and O–H groups in total. The highest BCUT2D eigenvalue weighted by molar-refractivity contribution is 9.08. The summed E-state index contributed by atoms with van der Waals surface area (Å²) in [5.74, 6) is 0. The molecule has 0 fully saturated rings. The number of aryl methyl sites for hydroxylation is 1. The topological polar surface area (TPSA) is 12.9 Å². The van der Waals surface area contributed by atoms with Gasteiger partial charge in [-0.05, 0) is 6.85 Å². The zero-order valence-corrected chi connectivity index (χ0v) is 6.21. The maximum atomic E-state index is 7.23. The molecule has 8 heavy (non-hydrogen) atoms. The molecule has 1 rings (SSSR count). The number of rotatable bonds is 1. The van der Waals surface area contributed by atoms with Crippen molar-refractivity contribution in [3.05, 3.63) is 16.1 Å². The van der Waals surface area contributed by atoms with E-state index in [1.807, 2.05) is 0 Å². The Kier molecular flexibility index (Phi) is 0.774. The van der Waals surface area contributed by atoms with Gasteiger partial charge < -0.3 is 0 Å². The Morgan fingerprint density at radius 2 is 3.12 bits per heavy atom. The monoisotopic (exact) mass is 196 g/mol. The number of alkyl halides is 1. The number of hydrogen-bond donors (Lipinski definition) is 0. The van der Waals surface area contributed by atoms with Gasteiger partial charge in [-0.1, -0.05) is 15.9 Å². The molecule has 1 aromatic rings. The van der Waals surface area contributed by atoms with E-state index in [4.69, 9.17) is 6.85 Å². The van der Waals surface area contributed by atoms with Crippen molar-refractivity contribution in [2.24, 2.45) is 0 Å². The van der Waals surface area contributed by atoms with Crippen LogP contribution in [0.15, 0.2) is 5.38 Å². The van der Waals surface area contributed by atoms with Crippen LogP contribution in [0, 0.1) is 6.85 Å². The van der Waals surface area contributed by atoms with Gasteiger partial charge >= 0.3 is 0 Å². The third-order valence-corrected chi connectivity index (χ3v) is 1.66. The lowest BCUT2D eigenvalue weighted by molar-refractivity contribution is 1.19. The average molecular weight is 197 g/mol. The van der Waals surface area contributed by atoms with Crippen molar-refractivity contribution in [1.82, 2.24) is 4.98 Å². The van der Waals surface area contributed by atoms with Crippen LogP contribution in [-0.4, -0.2) is 4.98 Å². The second-order valence-electron chi connectivity index (χ2n) is 1.13. The van der Waals surface area contributed by atoms with Crippen LogP contribution >= 0.6 is 27.3 Å². The van der Waals surface area contributed by atoms with Gasteiger partial charge in [0, 0.05) is 17.5 Å². The number of thiazole rings is 1.